The number of piperidine rings is 1. The van der Waals surface area contributed by atoms with Gasteiger partial charge in [0.25, 0.3) is 5.56 Å². The largest absolute Gasteiger partial charge is 0.460 e. The van der Waals surface area contributed by atoms with Gasteiger partial charge in [-0.1, -0.05) is 12.8 Å². The maximum Gasteiger partial charge on any atom is 0.267 e. The summed E-state index contributed by atoms with van der Waals surface area (Å²) in [6.07, 6.45) is 9.56. The Morgan fingerprint density at radius 1 is 1.13 bits per heavy atom. The number of furan rings is 1. The highest BCUT2D eigenvalue weighted by molar-refractivity contribution is 5.85. The topological polar surface area (TPSA) is 109 Å². The van der Waals surface area contributed by atoms with Crippen LogP contribution >= 0.6 is 0 Å². The van der Waals surface area contributed by atoms with Crippen molar-refractivity contribution in [1.29, 1.82) is 0 Å². The quantitative estimate of drug-likeness (QED) is 0.643. The number of anilines is 2. The zero-order chi connectivity index (χ0) is 21.2. The van der Waals surface area contributed by atoms with Crippen LogP contribution in [0, 0.1) is 0 Å². The molecule has 0 amide bonds. The molecule has 3 aromatic rings. The van der Waals surface area contributed by atoms with Crippen molar-refractivity contribution in [3.05, 3.63) is 41.0 Å². The number of aromatic nitrogens is 4. The van der Waals surface area contributed by atoms with Gasteiger partial charge in [-0.05, 0) is 44.2 Å². The summed E-state index contributed by atoms with van der Waals surface area (Å²) >= 11 is 0. The molecular weight excluding hydrogens is 396 g/mol. The molecule has 9 heteroatoms. The first kappa shape index (κ1) is 20.0. The molecule has 1 saturated heterocycles. The van der Waals surface area contributed by atoms with Crippen LogP contribution in [0.5, 0.6) is 0 Å². The monoisotopic (exact) mass is 424 g/mol. The predicted octanol–water partition coefficient (Wildman–Crippen LogP) is 2.73. The van der Waals surface area contributed by atoms with Gasteiger partial charge >= 0.3 is 0 Å². The third-order valence-corrected chi connectivity index (χ3v) is 6.51. The van der Waals surface area contributed by atoms with Crippen molar-refractivity contribution < 1.29 is 9.52 Å². The van der Waals surface area contributed by atoms with Gasteiger partial charge in [-0.25, -0.2) is 4.68 Å². The van der Waals surface area contributed by atoms with E-state index in [1.165, 1.54) is 4.68 Å². The zero-order valence-electron chi connectivity index (χ0n) is 17.5. The van der Waals surface area contributed by atoms with E-state index in [1.807, 2.05) is 6.07 Å². The van der Waals surface area contributed by atoms with Crippen molar-refractivity contribution >= 4 is 22.6 Å². The van der Waals surface area contributed by atoms with E-state index < -0.39 is 6.10 Å². The molecule has 164 valence electrons. The predicted molar refractivity (Wildman–Crippen MR) is 117 cm³/mol. The van der Waals surface area contributed by atoms with Crippen molar-refractivity contribution in [2.75, 3.05) is 23.3 Å². The molecule has 1 aliphatic carbocycles. The lowest BCUT2D eigenvalue weighted by Gasteiger charge is -2.37. The summed E-state index contributed by atoms with van der Waals surface area (Å²) < 4.78 is 7.06. The Hall–Kier alpha value is -2.94. The lowest BCUT2D eigenvalue weighted by molar-refractivity contribution is 0.0669. The van der Waals surface area contributed by atoms with Crippen LogP contribution in [0.2, 0.25) is 0 Å². The summed E-state index contributed by atoms with van der Waals surface area (Å²) in [6.45, 7) is 1.54. The van der Waals surface area contributed by atoms with Gasteiger partial charge in [0, 0.05) is 30.6 Å². The Balaban J connectivity index is 1.37. The normalized spacial score (nSPS) is 24.4. The van der Waals surface area contributed by atoms with Gasteiger partial charge in [0.1, 0.15) is 5.82 Å². The average molecular weight is 425 g/mol. The zero-order valence-corrected chi connectivity index (χ0v) is 17.5. The van der Waals surface area contributed by atoms with Gasteiger partial charge < -0.3 is 19.7 Å². The van der Waals surface area contributed by atoms with E-state index in [1.54, 1.807) is 24.6 Å². The summed E-state index contributed by atoms with van der Waals surface area (Å²) in [5, 5.41) is 27.7. The Morgan fingerprint density at radius 2 is 2.00 bits per heavy atom. The number of nitrogens with zero attached hydrogens (tertiary/aromatic N) is 5. The standard InChI is InChI=1S/C22H28N6O3/c29-18-7-2-1-6-17(18)28-20(30)9-8-19(26-28)27-11-4-3-5-16(27)14-23-22-21-15(10-12-31-21)13-24-25-22/h8-10,12-13,16-18,29H,1-7,11,14H2,(H,23,25). The van der Waals surface area contributed by atoms with E-state index in [4.69, 9.17) is 9.52 Å². The number of fused-ring (bicyclic) bond motifs is 1. The maximum atomic E-state index is 12.5. The summed E-state index contributed by atoms with van der Waals surface area (Å²) in [4.78, 5) is 14.8. The second kappa shape index (κ2) is 8.66. The SMILES string of the molecule is O=c1ccc(N2CCCCC2CNc2nncc3ccoc23)nn1C1CCCCC1O. The van der Waals surface area contributed by atoms with Gasteiger partial charge in [-0.2, -0.15) is 10.2 Å². The average Bonchev–Trinajstić information content (AvgIpc) is 3.28. The van der Waals surface area contributed by atoms with Gasteiger partial charge in [-0.15, -0.1) is 5.10 Å². The highest BCUT2D eigenvalue weighted by Crippen LogP contribution is 2.29. The summed E-state index contributed by atoms with van der Waals surface area (Å²) in [7, 11) is 0. The van der Waals surface area contributed by atoms with Crippen LogP contribution < -0.4 is 15.8 Å². The third-order valence-electron chi connectivity index (χ3n) is 6.51. The second-order valence-corrected chi connectivity index (χ2v) is 8.52. The van der Waals surface area contributed by atoms with E-state index in [0.29, 0.717) is 17.9 Å². The van der Waals surface area contributed by atoms with Crippen molar-refractivity contribution in [3.8, 4) is 0 Å². The van der Waals surface area contributed by atoms with Crippen molar-refractivity contribution in [2.24, 2.45) is 0 Å². The first-order chi connectivity index (χ1) is 15.2. The van der Waals surface area contributed by atoms with E-state index in [2.05, 4.69) is 20.4 Å². The van der Waals surface area contributed by atoms with Gasteiger partial charge in [0.15, 0.2) is 11.4 Å². The Bertz CT molecular complexity index is 1100. The highest BCUT2D eigenvalue weighted by Gasteiger charge is 2.29. The van der Waals surface area contributed by atoms with E-state index in [-0.39, 0.29) is 17.6 Å². The fraction of sp³-hybridized carbons (Fsp3) is 0.545. The van der Waals surface area contributed by atoms with E-state index in [9.17, 15) is 9.90 Å². The number of hydrogen-bond donors (Lipinski definition) is 2. The number of rotatable bonds is 5. The first-order valence-electron chi connectivity index (χ1n) is 11.2. The Kier molecular flexibility index (Phi) is 5.59. The van der Waals surface area contributed by atoms with Gasteiger partial charge in [-0.3, -0.25) is 4.79 Å². The first-order valence-corrected chi connectivity index (χ1v) is 11.2. The molecule has 2 fully saturated rings. The van der Waals surface area contributed by atoms with E-state index >= 15 is 0 Å². The molecule has 1 saturated carbocycles. The van der Waals surface area contributed by atoms with Crippen molar-refractivity contribution in [2.45, 2.75) is 63.1 Å². The molecule has 31 heavy (non-hydrogen) atoms. The van der Waals surface area contributed by atoms with Crippen LogP contribution in [0.1, 0.15) is 51.0 Å². The maximum absolute atomic E-state index is 12.5. The van der Waals surface area contributed by atoms with Crippen LogP contribution in [0.25, 0.3) is 11.0 Å². The van der Waals surface area contributed by atoms with Gasteiger partial charge in [0.05, 0.1) is 24.6 Å². The lowest BCUT2D eigenvalue weighted by Crippen LogP contribution is -2.45. The number of hydrogen-bond acceptors (Lipinski definition) is 8. The number of aliphatic hydroxyl groups excluding tert-OH is 1. The molecule has 4 heterocycles. The molecule has 0 aromatic carbocycles. The molecule has 1 aliphatic heterocycles. The van der Waals surface area contributed by atoms with Crippen molar-refractivity contribution in [3.63, 3.8) is 0 Å². The minimum atomic E-state index is -0.514. The summed E-state index contributed by atoms with van der Waals surface area (Å²) in [5.41, 5.74) is 0.552. The molecule has 3 unspecified atom stereocenters. The Morgan fingerprint density at radius 3 is 2.90 bits per heavy atom. The molecule has 0 spiro atoms. The minimum Gasteiger partial charge on any atom is -0.460 e. The van der Waals surface area contributed by atoms with Crippen LogP contribution in [0.4, 0.5) is 11.6 Å². The Labute approximate surface area is 180 Å². The van der Waals surface area contributed by atoms with Gasteiger partial charge in [0.2, 0.25) is 0 Å². The molecule has 0 radical (unpaired) electrons. The lowest BCUT2D eigenvalue weighted by atomic mass is 9.93. The summed E-state index contributed by atoms with van der Waals surface area (Å²) in [5.74, 6) is 1.42. The highest BCUT2D eigenvalue weighted by atomic mass is 16.3. The van der Waals surface area contributed by atoms with Crippen LogP contribution in [-0.4, -0.2) is 50.3 Å². The number of aliphatic hydroxyl groups is 1. The fourth-order valence-electron chi connectivity index (χ4n) is 4.83. The molecule has 2 aliphatic rings. The van der Waals surface area contributed by atoms with Crippen LogP contribution in [-0.2, 0) is 0 Å². The minimum absolute atomic E-state index is 0.152. The molecule has 9 nitrogen and oxygen atoms in total. The van der Waals surface area contributed by atoms with Crippen LogP contribution in [0.15, 0.2) is 39.9 Å². The molecule has 3 aromatic heterocycles. The number of nitrogens with one attached hydrogen (secondary N) is 1. The van der Waals surface area contributed by atoms with Crippen LogP contribution in [0.3, 0.4) is 0 Å². The molecule has 2 N–H and O–H groups in total. The summed E-state index contributed by atoms with van der Waals surface area (Å²) in [6, 6.07) is 5.22. The fourth-order valence-corrected chi connectivity index (χ4v) is 4.83. The molecule has 5 rings (SSSR count). The molecular formula is C22H28N6O3. The third kappa shape index (κ3) is 4.01. The van der Waals surface area contributed by atoms with E-state index in [0.717, 1.165) is 62.7 Å². The second-order valence-electron chi connectivity index (χ2n) is 8.52. The van der Waals surface area contributed by atoms with Crippen molar-refractivity contribution in [1.82, 2.24) is 20.0 Å². The molecule has 3 atom stereocenters. The molecule has 0 bridgehead atoms. The smallest absolute Gasteiger partial charge is 0.267 e.